The van der Waals surface area contributed by atoms with E-state index in [2.05, 4.69) is 41.5 Å². The van der Waals surface area contributed by atoms with Gasteiger partial charge in [0.05, 0.1) is 0 Å². The molecule has 0 atom stereocenters. The third-order valence-corrected chi connectivity index (χ3v) is 3.40. The second kappa shape index (κ2) is 5.40. The maximum atomic E-state index is 12.1. The Morgan fingerprint density at radius 2 is 1.76 bits per heavy atom. The third kappa shape index (κ3) is 2.94. The topological polar surface area (TPSA) is 46.4 Å². The highest BCUT2D eigenvalue weighted by molar-refractivity contribution is 5.47. The average Bonchev–Trinajstić information content (AvgIpc) is 2.47. The average molecular weight is 279 g/mol. The summed E-state index contributed by atoms with van der Waals surface area (Å²) in [6, 6.07) is 13.6. The molecule has 2 heterocycles. The van der Waals surface area contributed by atoms with E-state index in [9.17, 15) is 4.79 Å². The molecule has 0 aliphatic heterocycles. The summed E-state index contributed by atoms with van der Waals surface area (Å²) in [6.45, 7) is 4.66. The lowest BCUT2D eigenvalue weighted by molar-refractivity contribution is 1.01. The van der Waals surface area contributed by atoms with Crippen molar-refractivity contribution in [3.8, 4) is 0 Å². The zero-order valence-electron chi connectivity index (χ0n) is 12.1. The van der Waals surface area contributed by atoms with Crippen LogP contribution in [0.2, 0.25) is 0 Å². The van der Waals surface area contributed by atoms with E-state index in [0.717, 1.165) is 11.1 Å². The van der Waals surface area contributed by atoms with E-state index in [-0.39, 0.29) is 5.56 Å². The van der Waals surface area contributed by atoms with Crippen LogP contribution in [0.4, 0.5) is 5.82 Å². The Hall–Kier alpha value is -2.62. The number of hydrogen-bond acceptors (Lipinski definition) is 3. The number of aryl methyl sites for hydroxylation is 2. The molecule has 0 saturated heterocycles. The van der Waals surface area contributed by atoms with Crippen LogP contribution in [0, 0.1) is 13.8 Å². The van der Waals surface area contributed by atoms with Crippen LogP contribution in [0.15, 0.2) is 53.5 Å². The molecule has 3 aromatic rings. The van der Waals surface area contributed by atoms with Gasteiger partial charge in [-0.3, -0.25) is 9.20 Å². The molecule has 4 heteroatoms. The number of anilines is 1. The fourth-order valence-electron chi connectivity index (χ4n) is 2.20. The molecule has 0 fully saturated rings. The molecular weight excluding hydrogens is 262 g/mol. The first-order valence-corrected chi connectivity index (χ1v) is 6.91. The summed E-state index contributed by atoms with van der Waals surface area (Å²) in [6.07, 6.45) is 1.80. The molecule has 21 heavy (non-hydrogen) atoms. The summed E-state index contributed by atoms with van der Waals surface area (Å²) in [5.74, 6) is 0.601. The molecule has 0 radical (unpaired) electrons. The summed E-state index contributed by atoms with van der Waals surface area (Å²) in [7, 11) is 0. The molecule has 106 valence electrons. The summed E-state index contributed by atoms with van der Waals surface area (Å²) in [5.41, 5.74) is 4.00. The number of benzene rings is 1. The van der Waals surface area contributed by atoms with Crippen molar-refractivity contribution in [3.05, 3.63) is 75.7 Å². The molecule has 0 saturated carbocycles. The molecule has 0 spiro atoms. The van der Waals surface area contributed by atoms with E-state index >= 15 is 0 Å². The minimum absolute atomic E-state index is 0.0740. The number of pyridine rings is 1. The van der Waals surface area contributed by atoms with Gasteiger partial charge in [-0.05, 0) is 31.0 Å². The molecular formula is C17H17N3O. The van der Waals surface area contributed by atoms with Gasteiger partial charge in [-0.2, -0.15) is 0 Å². The largest absolute Gasteiger partial charge is 0.366 e. The zero-order valence-corrected chi connectivity index (χ0v) is 12.1. The molecule has 3 rings (SSSR count). The van der Waals surface area contributed by atoms with Gasteiger partial charge in [0.1, 0.15) is 11.5 Å². The molecule has 0 bridgehead atoms. The maximum Gasteiger partial charge on any atom is 0.259 e. The molecule has 1 aromatic carbocycles. The van der Waals surface area contributed by atoms with E-state index in [1.807, 2.05) is 19.1 Å². The highest BCUT2D eigenvalue weighted by Gasteiger charge is 2.02. The minimum atomic E-state index is -0.0740. The Balaban J connectivity index is 1.86. The fourth-order valence-corrected chi connectivity index (χ4v) is 2.20. The third-order valence-electron chi connectivity index (χ3n) is 3.40. The van der Waals surface area contributed by atoms with Gasteiger partial charge in [0.25, 0.3) is 5.56 Å². The Morgan fingerprint density at radius 1 is 1.05 bits per heavy atom. The molecule has 0 aliphatic rings. The van der Waals surface area contributed by atoms with Gasteiger partial charge < -0.3 is 5.32 Å². The van der Waals surface area contributed by atoms with Crippen molar-refractivity contribution in [2.24, 2.45) is 0 Å². The van der Waals surface area contributed by atoms with Crippen LogP contribution in [0.25, 0.3) is 5.65 Å². The van der Waals surface area contributed by atoms with Gasteiger partial charge in [0, 0.05) is 18.8 Å². The van der Waals surface area contributed by atoms with Crippen molar-refractivity contribution in [2.45, 2.75) is 20.4 Å². The highest BCUT2D eigenvalue weighted by atomic mass is 16.1. The van der Waals surface area contributed by atoms with Gasteiger partial charge in [-0.25, -0.2) is 4.98 Å². The first kappa shape index (κ1) is 13.4. The Morgan fingerprint density at radius 3 is 2.52 bits per heavy atom. The quantitative estimate of drug-likeness (QED) is 0.802. The Labute approximate surface area is 123 Å². The predicted octanol–water partition coefficient (Wildman–Crippen LogP) is 2.92. The smallest absolute Gasteiger partial charge is 0.259 e. The summed E-state index contributed by atoms with van der Waals surface area (Å²) >= 11 is 0. The molecule has 2 aromatic heterocycles. The van der Waals surface area contributed by atoms with E-state index in [1.54, 1.807) is 10.6 Å². The van der Waals surface area contributed by atoms with Gasteiger partial charge in [-0.1, -0.05) is 35.9 Å². The van der Waals surface area contributed by atoms with Crippen LogP contribution in [0.3, 0.4) is 0 Å². The van der Waals surface area contributed by atoms with Crippen LogP contribution < -0.4 is 10.9 Å². The van der Waals surface area contributed by atoms with E-state index < -0.39 is 0 Å². The van der Waals surface area contributed by atoms with Crippen molar-refractivity contribution >= 4 is 11.5 Å². The van der Waals surface area contributed by atoms with Crippen LogP contribution in [-0.4, -0.2) is 9.38 Å². The molecule has 0 unspecified atom stereocenters. The fraction of sp³-hybridized carbons (Fsp3) is 0.176. The maximum absolute atomic E-state index is 12.1. The zero-order chi connectivity index (χ0) is 14.8. The van der Waals surface area contributed by atoms with Gasteiger partial charge in [0.15, 0.2) is 0 Å². The number of hydrogen-bond donors (Lipinski definition) is 1. The Bertz CT molecular complexity index is 835. The molecule has 0 amide bonds. The minimum Gasteiger partial charge on any atom is -0.366 e. The summed E-state index contributed by atoms with van der Waals surface area (Å²) < 4.78 is 1.56. The normalized spacial score (nSPS) is 10.8. The molecule has 1 N–H and O–H groups in total. The van der Waals surface area contributed by atoms with Crippen LogP contribution in [0.5, 0.6) is 0 Å². The highest BCUT2D eigenvalue weighted by Crippen LogP contribution is 2.08. The van der Waals surface area contributed by atoms with Gasteiger partial charge in [-0.15, -0.1) is 0 Å². The Kier molecular flexibility index (Phi) is 3.44. The predicted molar refractivity (Wildman–Crippen MR) is 84.7 cm³/mol. The van der Waals surface area contributed by atoms with Crippen LogP contribution in [-0.2, 0) is 6.54 Å². The van der Waals surface area contributed by atoms with E-state index in [1.165, 1.54) is 11.6 Å². The van der Waals surface area contributed by atoms with Crippen molar-refractivity contribution in [1.82, 2.24) is 9.38 Å². The first-order chi connectivity index (χ1) is 10.1. The second-order valence-electron chi connectivity index (χ2n) is 5.25. The van der Waals surface area contributed by atoms with Gasteiger partial charge in [0.2, 0.25) is 0 Å². The number of nitrogens with zero attached hydrogens (tertiary/aromatic N) is 2. The molecule has 0 aliphatic carbocycles. The number of aromatic nitrogens is 2. The number of rotatable bonds is 3. The monoisotopic (exact) mass is 279 g/mol. The van der Waals surface area contributed by atoms with Gasteiger partial charge >= 0.3 is 0 Å². The van der Waals surface area contributed by atoms with E-state index in [0.29, 0.717) is 18.0 Å². The van der Waals surface area contributed by atoms with Crippen molar-refractivity contribution < 1.29 is 0 Å². The lowest BCUT2D eigenvalue weighted by Crippen LogP contribution is -2.16. The summed E-state index contributed by atoms with van der Waals surface area (Å²) in [4.78, 5) is 16.6. The van der Waals surface area contributed by atoms with Crippen LogP contribution in [0.1, 0.15) is 16.7 Å². The SMILES string of the molecule is Cc1ccc(CNc2cc(=O)n3cc(C)ccc3n2)cc1. The standard InChI is InChI=1S/C17H17N3O/c1-12-3-6-14(7-4-12)10-18-15-9-17(21)20-11-13(2)5-8-16(20)19-15/h3-9,11,18H,10H2,1-2H3. The number of nitrogens with one attached hydrogen (secondary N) is 1. The lowest BCUT2D eigenvalue weighted by Gasteiger charge is -2.08. The number of fused-ring (bicyclic) bond motifs is 1. The van der Waals surface area contributed by atoms with E-state index in [4.69, 9.17) is 0 Å². The molecule has 4 nitrogen and oxygen atoms in total. The van der Waals surface area contributed by atoms with Crippen molar-refractivity contribution in [2.75, 3.05) is 5.32 Å². The first-order valence-electron chi connectivity index (χ1n) is 6.91. The van der Waals surface area contributed by atoms with Crippen LogP contribution >= 0.6 is 0 Å². The van der Waals surface area contributed by atoms with Crippen molar-refractivity contribution in [1.29, 1.82) is 0 Å². The lowest BCUT2D eigenvalue weighted by atomic mass is 10.1. The summed E-state index contributed by atoms with van der Waals surface area (Å²) in [5, 5.41) is 3.20. The van der Waals surface area contributed by atoms with Crippen molar-refractivity contribution in [3.63, 3.8) is 0 Å². The second-order valence-corrected chi connectivity index (χ2v) is 5.25.